The lowest BCUT2D eigenvalue weighted by atomic mass is 10.1. The van der Waals surface area contributed by atoms with Crippen molar-refractivity contribution < 1.29 is 14.3 Å². The topological polar surface area (TPSA) is 84.2 Å². The lowest BCUT2D eigenvalue weighted by Crippen LogP contribution is -2.32. The predicted octanol–water partition coefficient (Wildman–Crippen LogP) is 1.80. The second-order valence-corrected chi connectivity index (χ2v) is 6.34. The van der Waals surface area contributed by atoms with Crippen molar-refractivity contribution in [1.29, 1.82) is 5.26 Å². The molecule has 1 amide bonds. The number of rotatable bonds is 7. The minimum atomic E-state index is -0.0778. The molecule has 0 aliphatic carbocycles. The molecule has 2 rings (SSSR count). The first-order valence-corrected chi connectivity index (χ1v) is 8.53. The average molecular weight is 335 g/mol. The Morgan fingerprint density at radius 3 is 3.13 bits per heavy atom. The van der Waals surface area contributed by atoms with Crippen LogP contribution in [0.3, 0.4) is 0 Å². The van der Waals surface area contributed by atoms with Crippen LogP contribution in [0.25, 0.3) is 0 Å². The van der Waals surface area contributed by atoms with Crippen LogP contribution >= 0.6 is 11.8 Å². The van der Waals surface area contributed by atoms with Crippen molar-refractivity contribution >= 4 is 17.7 Å². The number of hydrogen-bond acceptors (Lipinski definition) is 6. The van der Waals surface area contributed by atoms with Gasteiger partial charge >= 0.3 is 0 Å². The molecule has 0 spiro atoms. The van der Waals surface area contributed by atoms with Gasteiger partial charge in [-0.25, -0.2) is 4.98 Å². The molecule has 1 aromatic rings. The average Bonchev–Trinajstić information content (AvgIpc) is 3.04. The highest BCUT2D eigenvalue weighted by molar-refractivity contribution is 8.00. The third-order valence-electron chi connectivity index (χ3n) is 3.50. The van der Waals surface area contributed by atoms with Gasteiger partial charge in [0.1, 0.15) is 11.1 Å². The molecule has 1 aliphatic heterocycles. The molecule has 0 radical (unpaired) electrons. The molecular weight excluding hydrogens is 314 g/mol. The number of aromatic nitrogens is 1. The fraction of sp³-hybridized carbons (Fsp3) is 0.562. The highest BCUT2D eigenvalue weighted by Crippen LogP contribution is 2.24. The molecule has 1 N–H and O–H groups in total. The Labute approximate surface area is 140 Å². The SMILES string of the molecule is COCc1cc(C)nc(SCC(=O)NC[C@H]2CCCO2)c1C#N. The van der Waals surface area contributed by atoms with E-state index in [1.807, 2.05) is 13.0 Å². The number of ether oxygens (including phenoxy) is 2. The first-order chi connectivity index (χ1) is 11.1. The van der Waals surface area contributed by atoms with E-state index in [-0.39, 0.29) is 17.8 Å². The minimum absolute atomic E-state index is 0.0778. The predicted molar refractivity (Wildman–Crippen MR) is 87.1 cm³/mol. The number of hydrogen-bond donors (Lipinski definition) is 1. The van der Waals surface area contributed by atoms with Gasteiger partial charge in [-0.05, 0) is 31.4 Å². The number of pyridine rings is 1. The van der Waals surface area contributed by atoms with E-state index in [4.69, 9.17) is 9.47 Å². The van der Waals surface area contributed by atoms with E-state index in [1.54, 1.807) is 7.11 Å². The number of nitriles is 1. The summed E-state index contributed by atoms with van der Waals surface area (Å²) in [5, 5.41) is 12.8. The zero-order chi connectivity index (χ0) is 16.7. The number of aryl methyl sites for hydroxylation is 1. The van der Waals surface area contributed by atoms with Crippen LogP contribution in [0, 0.1) is 18.3 Å². The smallest absolute Gasteiger partial charge is 0.230 e. The molecule has 124 valence electrons. The molecule has 0 bridgehead atoms. The van der Waals surface area contributed by atoms with Crippen LogP contribution in [0.2, 0.25) is 0 Å². The zero-order valence-corrected chi connectivity index (χ0v) is 14.2. The fourth-order valence-corrected chi connectivity index (χ4v) is 3.32. The van der Waals surface area contributed by atoms with Crippen molar-refractivity contribution in [2.24, 2.45) is 0 Å². The van der Waals surface area contributed by atoms with E-state index in [9.17, 15) is 10.1 Å². The molecule has 1 saturated heterocycles. The van der Waals surface area contributed by atoms with Crippen molar-refractivity contribution in [2.75, 3.05) is 26.0 Å². The number of carbonyl (C=O) groups excluding carboxylic acids is 1. The molecule has 1 aliphatic rings. The summed E-state index contributed by atoms with van der Waals surface area (Å²) in [5.41, 5.74) is 2.08. The van der Waals surface area contributed by atoms with Gasteiger partial charge in [0, 0.05) is 26.0 Å². The Morgan fingerprint density at radius 1 is 1.65 bits per heavy atom. The first kappa shape index (κ1) is 17.7. The maximum Gasteiger partial charge on any atom is 0.230 e. The van der Waals surface area contributed by atoms with Crippen LogP contribution in [0.5, 0.6) is 0 Å². The van der Waals surface area contributed by atoms with E-state index in [0.29, 0.717) is 23.7 Å². The van der Waals surface area contributed by atoms with Gasteiger partial charge in [-0.2, -0.15) is 5.26 Å². The van der Waals surface area contributed by atoms with Crippen molar-refractivity contribution in [3.05, 3.63) is 22.9 Å². The van der Waals surface area contributed by atoms with Crippen LogP contribution in [-0.4, -0.2) is 43.0 Å². The van der Waals surface area contributed by atoms with Crippen LogP contribution in [0.15, 0.2) is 11.1 Å². The van der Waals surface area contributed by atoms with Gasteiger partial charge in [0.05, 0.1) is 24.0 Å². The number of thioether (sulfide) groups is 1. The Hall–Kier alpha value is -1.62. The maximum absolute atomic E-state index is 11.9. The molecule has 1 aromatic heterocycles. The summed E-state index contributed by atoms with van der Waals surface area (Å²) in [6.07, 6.45) is 2.17. The quantitative estimate of drug-likeness (QED) is 0.765. The van der Waals surface area contributed by atoms with Crippen LogP contribution < -0.4 is 5.32 Å². The molecule has 23 heavy (non-hydrogen) atoms. The number of nitrogens with zero attached hydrogens (tertiary/aromatic N) is 2. The van der Waals surface area contributed by atoms with E-state index in [0.717, 1.165) is 30.7 Å². The van der Waals surface area contributed by atoms with Gasteiger partial charge in [-0.3, -0.25) is 4.79 Å². The summed E-state index contributed by atoms with van der Waals surface area (Å²) < 4.78 is 10.6. The van der Waals surface area contributed by atoms with Gasteiger partial charge in [0.25, 0.3) is 0 Å². The summed E-state index contributed by atoms with van der Waals surface area (Å²) in [6.45, 7) is 3.53. The van der Waals surface area contributed by atoms with Gasteiger partial charge < -0.3 is 14.8 Å². The molecule has 2 heterocycles. The van der Waals surface area contributed by atoms with E-state index >= 15 is 0 Å². The van der Waals surface area contributed by atoms with Crippen LogP contribution in [-0.2, 0) is 20.9 Å². The molecule has 7 heteroatoms. The molecule has 6 nitrogen and oxygen atoms in total. The maximum atomic E-state index is 11.9. The lowest BCUT2D eigenvalue weighted by molar-refractivity contribution is -0.119. The number of carbonyl (C=O) groups is 1. The molecule has 1 atom stereocenters. The van der Waals surface area contributed by atoms with Crippen LogP contribution in [0.4, 0.5) is 0 Å². The summed E-state index contributed by atoms with van der Waals surface area (Å²) >= 11 is 1.27. The van der Waals surface area contributed by atoms with Crippen LogP contribution in [0.1, 0.15) is 29.7 Å². The third-order valence-corrected chi connectivity index (χ3v) is 4.47. The monoisotopic (exact) mass is 335 g/mol. The number of methoxy groups -OCH3 is 1. The molecule has 0 saturated carbocycles. The minimum Gasteiger partial charge on any atom is -0.380 e. The Kier molecular flexibility index (Phi) is 6.84. The molecule has 0 aromatic carbocycles. The van der Waals surface area contributed by atoms with E-state index in [2.05, 4.69) is 16.4 Å². The normalized spacial score (nSPS) is 17.0. The summed E-state index contributed by atoms with van der Waals surface area (Å²) in [5.74, 6) is 0.149. The van der Waals surface area contributed by atoms with Gasteiger partial charge in [-0.15, -0.1) is 0 Å². The summed E-state index contributed by atoms with van der Waals surface area (Å²) in [6, 6.07) is 4.00. The molecule has 0 unspecified atom stereocenters. The second kappa shape index (κ2) is 8.87. The van der Waals surface area contributed by atoms with E-state index < -0.39 is 0 Å². The van der Waals surface area contributed by atoms with E-state index in [1.165, 1.54) is 11.8 Å². The number of amides is 1. The first-order valence-electron chi connectivity index (χ1n) is 7.54. The second-order valence-electron chi connectivity index (χ2n) is 5.38. The van der Waals surface area contributed by atoms with Crippen molar-refractivity contribution in [1.82, 2.24) is 10.3 Å². The Bertz CT molecular complexity index is 595. The molecular formula is C16H21N3O3S. The van der Waals surface area contributed by atoms with Crippen molar-refractivity contribution in [2.45, 2.75) is 37.5 Å². The summed E-state index contributed by atoms with van der Waals surface area (Å²) in [7, 11) is 1.59. The lowest BCUT2D eigenvalue weighted by Gasteiger charge is -2.12. The highest BCUT2D eigenvalue weighted by atomic mass is 32.2. The number of nitrogens with one attached hydrogen (secondary N) is 1. The Morgan fingerprint density at radius 2 is 2.48 bits per heavy atom. The molecule has 1 fully saturated rings. The van der Waals surface area contributed by atoms with Gasteiger partial charge in [0.15, 0.2) is 0 Å². The zero-order valence-electron chi connectivity index (χ0n) is 13.4. The standard InChI is InChI=1S/C16H21N3O3S/c1-11-6-12(9-21-2)14(7-17)16(19-11)23-10-15(20)18-8-13-4-3-5-22-13/h6,13H,3-5,8-10H2,1-2H3,(H,18,20)/t13-/m1/s1. The summed E-state index contributed by atoms with van der Waals surface area (Å²) in [4.78, 5) is 16.3. The van der Waals surface area contributed by atoms with Crippen molar-refractivity contribution in [3.63, 3.8) is 0 Å². The van der Waals surface area contributed by atoms with Gasteiger partial charge in [-0.1, -0.05) is 11.8 Å². The fourth-order valence-electron chi connectivity index (χ4n) is 2.42. The largest absolute Gasteiger partial charge is 0.380 e. The Balaban J connectivity index is 1.93. The highest BCUT2D eigenvalue weighted by Gasteiger charge is 2.17. The van der Waals surface area contributed by atoms with Crippen molar-refractivity contribution in [3.8, 4) is 6.07 Å². The van der Waals surface area contributed by atoms with Gasteiger partial charge in [0.2, 0.25) is 5.91 Å². The third kappa shape index (κ3) is 5.20.